The monoisotopic (exact) mass is 523 g/mol. The highest BCUT2D eigenvalue weighted by atomic mass is 16.7. The highest BCUT2D eigenvalue weighted by molar-refractivity contribution is 5.87. The first-order chi connectivity index (χ1) is 17.2. The molecule has 3 fully saturated rings. The van der Waals surface area contributed by atoms with Crippen molar-refractivity contribution >= 4 is 11.9 Å². The standard InChI is InChI=1S/C27H41NO9/c1-15(8-11-22-24(31)27(14-34-27)25(32)26(6,33)37-22)7-10-21-16(2)13-20(18(4)36-21)28-23(30)12-9-17(3)35-19(5)29/h7-9,11-12,16-18,20-22,24-25,31-33H,10,13-14H2,1-6H3,(H,28,30)/t16-,17-,18+,20+,21-,22+,24+,25-,26-,27+/m0/s1. The molecular formula is C27H41NO9. The summed E-state index contributed by atoms with van der Waals surface area (Å²) in [5.74, 6) is -2.29. The van der Waals surface area contributed by atoms with Crippen LogP contribution in [0, 0.1) is 5.92 Å². The first-order valence-corrected chi connectivity index (χ1v) is 12.8. The molecule has 0 radical (unpaired) electrons. The van der Waals surface area contributed by atoms with Gasteiger partial charge < -0.3 is 39.6 Å². The zero-order valence-electron chi connectivity index (χ0n) is 22.4. The average Bonchev–Trinajstić information content (AvgIpc) is 3.61. The smallest absolute Gasteiger partial charge is 0.303 e. The summed E-state index contributed by atoms with van der Waals surface area (Å²) in [6, 6.07) is -0.137. The summed E-state index contributed by atoms with van der Waals surface area (Å²) in [4.78, 5) is 23.3. The number of amides is 1. The van der Waals surface area contributed by atoms with E-state index in [0.717, 1.165) is 12.0 Å². The van der Waals surface area contributed by atoms with E-state index < -0.39 is 41.8 Å². The van der Waals surface area contributed by atoms with Crippen LogP contribution in [0.5, 0.6) is 0 Å². The summed E-state index contributed by atoms with van der Waals surface area (Å²) in [7, 11) is 0. The Morgan fingerprint density at radius 2 is 1.89 bits per heavy atom. The highest BCUT2D eigenvalue weighted by Gasteiger charge is 2.68. The van der Waals surface area contributed by atoms with Crippen molar-refractivity contribution in [2.75, 3.05) is 6.61 Å². The number of allylic oxidation sites excluding steroid dienone is 2. The van der Waals surface area contributed by atoms with Crippen molar-refractivity contribution < 1.29 is 43.9 Å². The first kappa shape index (κ1) is 29.5. The second-order valence-electron chi connectivity index (χ2n) is 10.7. The van der Waals surface area contributed by atoms with Gasteiger partial charge in [0.25, 0.3) is 0 Å². The van der Waals surface area contributed by atoms with Gasteiger partial charge in [0, 0.05) is 13.0 Å². The number of nitrogens with one attached hydrogen (secondary N) is 1. The molecule has 10 heteroatoms. The Bertz CT molecular complexity index is 923. The molecule has 208 valence electrons. The molecule has 0 aromatic rings. The molecular weight excluding hydrogens is 482 g/mol. The molecule has 10 nitrogen and oxygen atoms in total. The Labute approximate surface area is 218 Å². The summed E-state index contributed by atoms with van der Waals surface area (Å²) in [6.07, 6.45) is 5.90. The molecule has 0 aromatic carbocycles. The quantitative estimate of drug-likeness (QED) is 0.160. The van der Waals surface area contributed by atoms with E-state index in [0.29, 0.717) is 6.42 Å². The van der Waals surface area contributed by atoms with E-state index >= 15 is 0 Å². The van der Waals surface area contributed by atoms with E-state index in [-0.39, 0.29) is 36.7 Å². The minimum Gasteiger partial charge on any atom is -0.459 e. The van der Waals surface area contributed by atoms with Gasteiger partial charge in [0.1, 0.15) is 24.4 Å². The molecule has 37 heavy (non-hydrogen) atoms. The predicted octanol–water partition coefficient (Wildman–Crippen LogP) is 1.28. The lowest BCUT2D eigenvalue weighted by atomic mass is 9.84. The molecule has 0 saturated carbocycles. The van der Waals surface area contributed by atoms with Crippen molar-refractivity contribution in [3.05, 3.63) is 36.0 Å². The topological polar surface area (TPSA) is 147 Å². The maximum Gasteiger partial charge on any atom is 0.303 e. The van der Waals surface area contributed by atoms with Gasteiger partial charge in [-0.15, -0.1) is 0 Å². The molecule has 3 aliphatic heterocycles. The van der Waals surface area contributed by atoms with Crippen molar-refractivity contribution in [3.8, 4) is 0 Å². The fraction of sp³-hybridized carbons (Fsp3) is 0.704. The number of esters is 1. The Kier molecular flexibility index (Phi) is 9.36. The molecule has 10 atom stereocenters. The number of ether oxygens (including phenoxy) is 4. The minimum atomic E-state index is -1.83. The van der Waals surface area contributed by atoms with Crippen molar-refractivity contribution in [3.63, 3.8) is 0 Å². The van der Waals surface area contributed by atoms with Crippen LogP contribution in [0.1, 0.15) is 54.4 Å². The van der Waals surface area contributed by atoms with E-state index in [9.17, 15) is 24.9 Å². The number of hydrogen-bond donors (Lipinski definition) is 4. The van der Waals surface area contributed by atoms with E-state index in [2.05, 4.69) is 12.2 Å². The summed E-state index contributed by atoms with van der Waals surface area (Å²) < 4.78 is 22.0. The minimum absolute atomic E-state index is 0.0263. The van der Waals surface area contributed by atoms with Crippen LogP contribution in [0.4, 0.5) is 0 Å². The molecule has 3 saturated heterocycles. The zero-order chi connectivity index (χ0) is 27.5. The lowest BCUT2D eigenvalue weighted by molar-refractivity contribution is -0.321. The van der Waals surface area contributed by atoms with Gasteiger partial charge in [-0.3, -0.25) is 9.59 Å². The maximum atomic E-state index is 12.3. The van der Waals surface area contributed by atoms with Crippen LogP contribution in [0.25, 0.3) is 0 Å². The van der Waals surface area contributed by atoms with Gasteiger partial charge in [0.05, 0.1) is 24.9 Å². The number of carbonyl (C=O) groups is 2. The van der Waals surface area contributed by atoms with Crippen molar-refractivity contribution in [2.24, 2.45) is 5.92 Å². The largest absolute Gasteiger partial charge is 0.459 e. The van der Waals surface area contributed by atoms with Gasteiger partial charge in [0.2, 0.25) is 5.91 Å². The van der Waals surface area contributed by atoms with E-state index in [4.69, 9.17) is 18.9 Å². The average molecular weight is 524 g/mol. The third-order valence-corrected chi connectivity index (χ3v) is 7.27. The number of rotatable bonds is 8. The molecule has 0 bridgehead atoms. The van der Waals surface area contributed by atoms with Gasteiger partial charge in [-0.05, 0) is 52.5 Å². The van der Waals surface area contributed by atoms with Crippen molar-refractivity contribution in [2.45, 2.75) is 108 Å². The Balaban J connectivity index is 1.50. The number of aliphatic hydroxyl groups is 3. The van der Waals surface area contributed by atoms with Crippen LogP contribution >= 0.6 is 0 Å². The number of carbonyl (C=O) groups excluding carboxylic acids is 2. The van der Waals surface area contributed by atoms with Gasteiger partial charge in [-0.1, -0.05) is 30.7 Å². The molecule has 3 rings (SSSR count). The second kappa shape index (κ2) is 11.8. The third kappa shape index (κ3) is 7.28. The van der Waals surface area contributed by atoms with E-state index in [1.165, 1.54) is 26.0 Å². The normalized spacial score (nSPS) is 41.2. The Morgan fingerprint density at radius 1 is 1.22 bits per heavy atom. The summed E-state index contributed by atoms with van der Waals surface area (Å²) in [6.45, 7) is 10.5. The number of hydrogen-bond acceptors (Lipinski definition) is 9. The number of aliphatic hydroxyl groups excluding tert-OH is 2. The van der Waals surface area contributed by atoms with E-state index in [1.807, 2.05) is 19.9 Å². The van der Waals surface area contributed by atoms with Crippen LogP contribution in [0.15, 0.2) is 36.0 Å². The fourth-order valence-corrected chi connectivity index (χ4v) is 4.94. The van der Waals surface area contributed by atoms with Crippen LogP contribution < -0.4 is 5.32 Å². The summed E-state index contributed by atoms with van der Waals surface area (Å²) in [5, 5.41) is 34.2. The SMILES string of the molecule is CC(=O)O[C@@H](C)C=CC(=O)N[C@@H]1C[C@H](C)[C@H](CC=C(C)C=C[C@H]2O[C@](C)(O)[C@H](O)[C@@]3(CO3)[C@@H]2O)O[C@@H]1C. The van der Waals surface area contributed by atoms with Crippen molar-refractivity contribution in [1.29, 1.82) is 0 Å². The lowest BCUT2D eigenvalue weighted by Gasteiger charge is -2.44. The third-order valence-electron chi connectivity index (χ3n) is 7.27. The van der Waals surface area contributed by atoms with Crippen LogP contribution in [-0.2, 0) is 28.5 Å². The summed E-state index contributed by atoms with van der Waals surface area (Å²) in [5.41, 5.74) is -0.267. The van der Waals surface area contributed by atoms with Crippen LogP contribution in [0.2, 0.25) is 0 Å². The number of epoxide rings is 1. The molecule has 1 spiro atoms. The van der Waals surface area contributed by atoms with Gasteiger partial charge >= 0.3 is 5.97 Å². The molecule has 4 N–H and O–H groups in total. The molecule has 0 unspecified atom stereocenters. The highest BCUT2D eigenvalue weighted by Crippen LogP contribution is 2.45. The van der Waals surface area contributed by atoms with Gasteiger partial charge in [-0.2, -0.15) is 0 Å². The van der Waals surface area contributed by atoms with E-state index in [1.54, 1.807) is 19.1 Å². The first-order valence-electron chi connectivity index (χ1n) is 12.8. The fourth-order valence-electron chi connectivity index (χ4n) is 4.94. The molecule has 0 aromatic heterocycles. The molecule has 1 amide bonds. The second-order valence-corrected chi connectivity index (χ2v) is 10.7. The van der Waals surface area contributed by atoms with Gasteiger partial charge in [0.15, 0.2) is 11.4 Å². The zero-order valence-corrected chi connectivity index (χ0v) is 22.4. The predicted molar refractivity (Wildman–Crippen MR) is 134 cm³/mol. The van der Waals surface area contributed by atoms with Crippen LogP contribution in [0.3, 0.4) is 0 Å². The Hall–Kier alpha value is -2.08. The van der Waals surface area contributed by atoms with Gasteiger partial charge in [-0.25, -0.2) is 0 Å². The van der Waals surface area contributed by atoms with Crippen molar-refractivity contribution in [1.82, 2.24) is 5.32 Å². The van der Waals surface area contributed by atoms with Crippen LogP contribution in [-0.4, -0.2) is 87.9 Å². The summed E-state index contributed by atoms with van der Waals surface area (Å²) >= 11 is 0. The molecule has 3 aliphatic rings. The maximum absolute atomic E-state index is 12.3. The Morgan fingerprint density at radius 3 is 2.51 bits per heavy atom. The lowest BCUT2D eigenvalue weighted by Crippen LogP contribution is -2.65. The molecule has 3 heterocycles. The molecule has 0 aliphatic carbocycles.